The number of rotatable bonds is 9. The molecule has 0 fully saturated rings. The van der Waals surface area contributed by atoms with E-state index in [1.807, 2.05) is 20.8 Å². The minimum Gasteiger partial charge on any atom is -0.489 e. The Morgan fingerprint density at radius 3 is 2.56 bits per heavy atom. The third kappa shape index (κ3) is 12.1. The summed E-state index contributed by atoms with van der Waals surface area (Å²) in [4.78, 5) is 4.15. The zero-order valence-electron chi connectivity index (χ0n) is 16.6. The van der Waals surface area contributed by atoms with Gasteiger partial charge in [-0.3, -0.25) is 4.99 Å². The summed E-state index contributed by atoms with van der Waals surface area (Å²) in [6.45, 7) is 6.96. The van der Waals surface area contributed by atoms with Crippen molar-refractivity contribution < 1.29 is 17.5 Å². The van der Waals surface area contributed by atoms with Crippen LogP contribution >= 0.6 is 24.0 Å². The van der Waals surface area contributed by atoms with Crippen LogP contribution in [0.5, 0.6) is 5.75 Å². The number of aliphatic imine (C=N–C) groups is 1. The van der Waals surface area contributed by atoms with E-state index >= 15 is 0 Å². The Balaban J connectivity index is 0.00000676. The fourth-order valence-electron chi connectivity index (χ4n) is 2.15. The minimum absolute atomic E-state index is 0. The van der Waals surface area contributed by atoms with Crippen LogP contribution in [-0.4, -0.2) is 52.6 Å². The number of nitrogens with one attached hydrogen (secondary N) is 2. The number of guanidine groups is 1. The Labute approximate surface area is 179 Å². The summed E-state index contributed by atoms with van der Waals surface area (Å²) in [6, 6.07) is 6.02. The molecule has 0 bridgehead atoms. The molecule has 0 aliphatic carbocycles. The van der Waals surface area contributed by atoms with Crippen molar-refractivity contribution in [3.8, 4) is 5.75 Å². The number of hydrogen-bond donors (Lipinski definition) is 2. The molecule has 0 saturated carbocycles. The Bertz CT molecular complexity index is 712. The third-order valence-corrected chi connectivity index (χ3v) is 4.74. The Hall–Kier alpha value is -1.10. The minimum atomic E-state index is -2.97. The van der Waals surface area contributed by atoms with Crippen LogP contribution in [0.1, 0.15) is 27.2 Å². The topological polar surface area (TPSA) is 79.8 Å². The number of sulfone groups is 1. The van der Waals surface area contributed by atoms with Crippen LogP contribution in [0.2, 0.25) is 0 Å². The van der Waals surface area contributed by atoms with E-state index in [4.69, 9.17) is 4.74 Å². The molecule has 0 saturated heterocycles. The van der Waals surface area contributed by atoms with Crippen LogP contribution in [0.4, 0.5) is 4.39 Å². The number of nitrogens with zero attached hydrogens (tertiary/aromatic N) is 1. The fourth-order valence-corrected chi connectivity index (χ4v) is 3.07. The highest BCUT2D eigenvalue weighted by atomic mass is 127. The summed E-state index contributed by atoms with van der Waals surface area (Å²) in [5.41, 5.74) is -0.190. The number of benzene rings is 1. The maximum Gasteiger partial charge on any atom is 0.191 e. The lowest BCUT2D eigenvalue weighted by molar-refractivity contribution is 0.222. The molecule has 9 heteroatoms. The van der Waals surface area contributed by atoms with Crippen LogP contribution in [0, 0.1) is 11.2 Å². The number of ether oxygens (including phenoxy) is 1. The molecule has 0 aliphatic heterocycles. The summed E-state index contributed by atoms with van der Waals surface area (Å²) < 4.78 is 41.5. The lowest BCUT2D eigenvalue weighted by atomic mass is 9.90. The zero-order chi connectivity index (χ0) is 19.8. The molecule has 0 radical (unpaired) electrons. The van der Waals surface area contributed by atoms with Gasteiger partial charge in [0.2, 0.25) is 0 Å². The van der Waals surface area contributed by atoms with Crippen molar-refractivity contribution in [3.05, 3.63) is 30.1 Å². The van der Waals surface area contributed by atoms with Gasteiger partial charge < -0.3 is 15.4 Å². The van der Waals surface area contributed by atoms with Gasteiger partial charge in [0.25, 0.3) is 0 Å². The average Bonchev–Trinajstić information content (AvgIpc) is 2.52. The molecule has 1 aromatic rings. The summed E-state index contributed by atoms with van der Waals surface area (Å²) in [7, 11) is -1.31. The van der Waals surface area contributed by atoms with Gasteiger partial charge in [-0.2, -0.15) is 0 Å². The first-order chi connectivity index (χ1) is 12.0. The van der Waals surface area contributed by atoms with Gasteiger partial charge in [-0.25, -0.2) is 12.8 Å². The van der Waals surface area contributed by atoms with Crippen molar-refractivity contribution in [2.24, 2.45) is 10.4 Å². The molecule has 0 spiro atoms. The molecule has 0 heterocycles. The van der Waals surface area contributed by atoms with Crippen molar-refractivity contribution in [2.45, 2.75) is 33.3 Å². The van der Waals surface area contributed by atoms with E-state index in [0.717, 1.165) is 0 Å². The first kappa shape index (κ1) is 25.9. The largest absolute Gasteiger partial charge is 0.489 e. The van der Waals surface area contributed by atoms with Gasteiger partial charge in [-0.15, -0.1) is 24.0 Å². The summed E-state index contributed by atoms with van der Waals surface area (Å²) in [5.74, 6) is 0.902. The predicted octanol–water partition coefficient (Wildman–Crippen LogP) is 2.84. The van der Waals surface area contributed by atoms with Crippen molar-refractivity contribution >= 4 is 39.8 Å². The van der Waals surface area contributed by atoms with E-state index in [9.17, 15) is 12.8 Å². The molecule has 1 unspecified atom stereocenters. The van der Waals surface area contributed by atoms with Crippen molar-refractivity contribution in [3.63, 3.8) is 0 Å². The van der Waals surface area contributed by atoms with E-state index in [-0.39, 0.29) is 47.1 Å². The van der Waals surface area contributed by atoms with Gasteiger partial charge in [0.15, 0.2) is 5.96 Å². The zero-order valence-corrected chi connectivity index (χ0v) is 19.7. The SMILES string of the molecule is CN=C(NCC(C)Oc1cccc(F)c1)NCC(C)(C)CCS(C)(=O)=O.I. The highest BCUT2D eigenvalue weighted by Gasteiger charge is 2.20. The first-order valence-electron chi connectivity index (χ1n) is 8.55. The molecule has 2 N–H and O–H groups in total. The lowest BCUT2D eigenvalue weighted by Crippen LogP contribution is -2.45. The normalized spacial score (nSPS) is 13.5. The van der Waals surface area contributed by atoms with Crippen molar-refractivity contribution in [1.82, 2.24) is 10.6 Å². The fraction of sp³-hybridized carbons (Fsp3) is 0.611. The molecule has 27 heavy (non-hydrogen) atoms. The summed E-state index contributed by atoms with van der Waals surface area (Å²) >= 11 is 0. The smallest absolute Gasteiger partial charge is 0.191 e. The maximum absolute atomic E-state index is 13.2. The molecular weight excluding hydrogens is 484 g/mol. The second-order valence-electron chi connectivity index (χ2n) is 7.24. The van der Waals surface area contributed by atoms with E-state index in [0.29, 0.717) is 31.2 Å². The third-order valence-electron chi connectivity index (χ3n) is 3.80. The molecule has 1 aromatic carbocycles. The second-order valence-corrected chi connectivity index (χ2v) is 9.50. The van der Waals surface area contributed by atoms with Crippen LogP contribution in [-0.2, 0) is 9.84 Å². The van der Waals surface area contributed by atoms with Crippen LogP contribution < -0.4 is 15.4 Å². The van der Waals surface area contributed by atoms with Gasteiger partial charge in [0, 0.05) is 25.9 Å². The number of halogens is 2. The average molecular weight is 515 g/mol. The van der Waals surface area contributed by atoms with Gasteiger partial charge in [-0.05, 0) is 30.9 Å². The van der Waals surface area contributed by atoms with Crippen LogP contribution in [0.15, 0.2) is 29.3 Å². The van der Waals surface area contributed by atoms with E-state index in [1.165, 1.54) is 18.4 Å². The van der Waals surface area contributed by atoms with Crippen LogP contribution in [0.3, 0.4) is 0 Å². The molecule has 1 rings (SSSR count). The second kappa shape index (κ2) is 11.7. The summed E-state index contributed by atoms with van der Waals surface area (Å²) in [5, 5.41) is 6.35. The van der Waals surface area contributed by atoms with Gasteiger partial charge in [0.1, 0.15) is 27.5 Å². The molecule has 0 amide bonds. The lowest BCUT2D eigenvalue weighted by Gasteiger charge is -2.26. The van der Waals surface area contributed by atoms with Crippen molar-refractivity contribution in [1.29, 1.82) is 0 Å². The van der Waals surface area contributed by atoms with Gasteiger partial charge in [0.05, 0.1) is 12.3 Å². The number of hydrogen-bond acceptors (Lipinski definition) is 4. The molecule has 0 aromatic heterocycles. The van der Waals surface area contributed by atoms with Gasteiger partial charge in [-0.1, -0.05) is 19.9 Å². The van der Waals surface area contributed by atoms with Crippen molar-refractivity contribution in [2.75, 3.05) is 32.1 Å². The van der Waals surface area contributed by atoms with E-state index in [2.05, 4.69) is 15.6 Å². The molecule has 1 atom stereocenters. The molecular formula is C18H31FIN3O3S. The van der Waals surface area contributed by atoms with E-state index in [1.54, 1.807) is 19.2 Å². The quantitative estimate of drug-likeness (QED) is 0.301. The Kier molecular flexibility index (Phi) is 11.2. The van der Waals surface area contributed by atoms with Crippen LogP contribution in [0.25, 0.3) is 0 Å². The molecule has 6 nitrogen and oxygen atoms in total. The summed E-state index contributed by atoms with van der Waals surface area (Å²) in [6.07, 6.45) is 1.62. The maximum atomic E-state index is 13.2. The first-order valence-corrected chi connectivity index (χ1v) is 10.6. The standard InChI is InChI=1S/C18H30FN3O3S.HI/c1-14(25-16-8-6-7-15(19)11-16)12-21-17(20-4)22-13-18(2,3)9-10-26(5,23)24;/h6-8,11,14H,9-10,12-13H2,1-5H3,(H2,20,21,22);1H. The highest BCUT2D eigenvalue weighted by Crippen LogP contribution is 2.19. The monoisotopic (exact) mass is 515 g/mol. The molecule has 156 valence electrons. The molecule has 0 aliphatic rings. The highest BCUT2D eigenvalue weighted by molar-refractivity contribution is 14.0. The predicted molar refractivity (Wildman–Crippen MR) is 119 cm³/mol. The Morgan fingerprint density at radius 2 is 2.00 bits per heavy atom. The van der Waals surface area contributed by atoms with Gasteiger partial charge >= 0.3 is 0 Å². The van der Waals surface area contributed by atoms with E-state index < -0.39 is 9.84 Å². The Morgan fingerprint density at radius 1 is 1.33 bits per heavy atom.